The van der Waals surface area contributed by atoms with E-state index in [0.717, 1.165) is 30.6 Å². The molecule has 0 spiro atoms. The summed E-state index contributed by atoms with van der Waals surface area (Å²) < 4.78 is 5.55. The van der Waals surface area contributed by atoms with E-state index in [-0.39, 0.29) is 6.10 Å². The van der Waals surface area contributed by atoms with Gasteiger partial charge < -0.3 is 15.4 Å². The van der Waals surface area contributed by atoms with Gasteiger partial charge in [-0.15, -0.1) is 0 Å². The monoisotopic (exact) mass is 306 g/mol. The van der Waals surface area contributed by atoms with Gasteiger partial charge >= 0.3 is 11.8 Å². The molecule has 122 valence electrons. The summed E-state index contributed by atoms with van der Waals surface area (Å²) >= 11 is 0. The molecule has 2 N–H and O–H groups in total. The summed E-state index contributed by atoms with van der Waals surface area (Å²) in [6.45, 7) is 6.89. The highest BCUT2D eigenvalue weighted by molar-refractivity contribution is 6.35. The maximum absolute atomic E-state index is 11.6. The Morgan fingerprint density at radius 1 is 1.05 bits per heavy atom. The van der Waals surface area contributed by atoms with Crippen molar-refractivity contribution in [2.45, 2.75) is 52.7 Å². The topological polar surface area (TPSA) is 67.4 Å². The summed E-state index contributed by atoms with van der Waals surface area (Å²) in [7, 11) is 0. The van der Waals surface area contributed by atoms with Crippen LogP contribution >= 0.6 is 0 Å². The Balaban J connectivity index is 2.32. The first kappa shape index (κ1) is 18.0. The van der Waals surface area contributed by atoms with Crippen LogP contribution in [0.15, 0.2) is 24.3 Å². The van der Waals surface area contributed by atoms with E-state index in [9.17, 15) is 9.59 Å². The van der Waals surface area contributed by atoms with Crippen LogP contribution in [0.2, 0.25) is 0 Å². The van der Waals surface area contributed by atoms with Crippen LogP contribution < -0.4 is 15.4 Å². The first-order valence-corrected chi connectivity index (χ1v) is 7.84. The van der Waals surface area contributed by atoms with Crippen molar-refractivity contribution in [2.24, 2.45) is 0 Å². The second kappa shape index (κ2) is 9.82. The average molecular weight is 306 g/mol. The van der Waals surface area contributed by atoms with E-state index in [0.29, 0.717) is 13.1 Å². The summed E-state index contributed by atoms with van der Waals surface area (Å²) in [5.41, 5.74) is 0.920. The molecule has 22 heavy (non-hydrogen) atoms. The Morgan fingerprint density at radius 2 is 1.68 bits per heavy atom. The Hall–Kier alpha value is -2.04. The van der Waals surface area contributed by atoms with Crippen molar-refractivity contribution in [3.8, 4) is 5.75 Å². The Labute approximate surface area is 132 Å². The normalized spacial score (nSPS) is 10.4. The lowest BCUT2D eigenvalue weighted by Gasteiger charge is -2.10. The average Bonchev–Trinajstić information content (AvgIpc) is 2.49. The molecule has 1 aromatic carbocycles. The van der Waals surface area contributed by atoms with E-state index < -0.39 is 11.8 Å². The minimum Gasteiger partial charge on any atom is -0.491 e. The van der Waals surface area contributed by atoms with Gasteiger partial charge in [-0.05, 0) is 38.0 Å². The predicted molar refractivity (Wildman–Crippen MR) is 86.6 cm³/mol. The van der Waals surface area contributed by atoms with Gasteiger partial charge in [0.15, 0.2) is 0 Å². The van der Waals surface area contributed by atoms with Crippen LogP contribution in [0.5, 0.6) is 5.75 Å². The third-order valence-electron chi connectivity index (χ3n) is 3.02. The summed E-state index contributed by atoms with van der Waals surface area (Å²) in [4.78, 5) is 23.2. The molecule has 0 aliphatic heterocycles. The number of hydrogen-bond donors (Lipinski definition) is 2. The van der Waals surface area contributed by atoms with Crippen molar-refractivity contribution in [1.82, 2.24) is 10.6 Å². The number of benzene rings is 1. The lowest BCUT2D eigenvalue weighted by Crippen LogP contribution is -2.39. The van der Waals surface area contributed by atoms with Gasteiger partial charge in [0, 0.05) is 13.1 Å². The van der Waals surface area contributed by atoms with Gasteiger partial charge in [-0.2, -0.15) is 0 Å². The maximum atomic E-state index is 11.6. The van der Waals surface area contributed by atoms with E-state index in [4.69, 9.17) is 4.74 Å². The van der Waals surface area contributed by atoms with Gasteiger partial charge in [0.1, 0.15) is 5.75 Å². The van der Waals surface area contributed by atoms with Gasteiger partial charge in [-0.1, -0.05) is 31.9 Å². The smallest absolute Gasteiger partial charge is 0.309 e. The summed E-state index contributed by atoms with van der Waals surface area (Å²) in [5.74, 6) is -0.381. The number of carbonyl (C=O) groups is 2. The van der Waals surface area contributed by atoms with Gasteiger partial charge in [0.2, 0.25) is 0 Å². The molecular formula is C17H26N2O3. The maximum Gasteiger partial charge on any atom is 0.309 e. The highest BCUT2D eigenvalue weighted by atomic mass is 16.5. The Morgan fingerprint density at radius 3 is 2.27 bits per heavy atom. The summed E-state index contributed by atoms with van der Waals surface area (Å²) in [6, 6.07) is 7.45. The van der Waals surface area contributed by atoms with Crippen molar-refractivity contribution < 1.29 is 14.3 Å². The Bertz CT molecular complexity index is 469. The number of ether oxygens (including phenoxy) is 1. The third kappa shape index (κ3) is 7.11. The van der Waals surface area contributed by atoms with Crippen molar-refractivity contribution in [3.63, 3.8) is 0 Å². The van der Waals surface area contributed by atoms with Crippen LogP contribution in [0, 0.1) is 0 Å². The van der Waals surface area contributed by atoms with Crippen LogP contribution in [-0.4, -0.2) is 24.5 Å². The lowest BCUT2D eigenvalue weighted by atomic mass is 10.2. The molecule has 5 heteroatoms. The predicted octanol–water partition coefficient (Wildman–Crippen LogP) is 2.40. The van der Waals surface area contributed by atoms with E-state index in [1.807, 2.05) is 38.1 Å². The minimum atomic E-state index is -0.598. The molecule has 0 saturated carbocycles. The van der Waals surface area contributed by atoms with Crippen molar-refractivity contribution >= 4 is 11.8 Å². The zero-order chi connectivity index (χ0) is 16.4. The second-order valence-corrected chi connectivity index (χ2v) is 5.46. The molecule has 2 amide bonds. The summed E-state index contributed by atoms with van der Waals surface area (Å²) in [6.07, 6.45) is 3.15. The van der Waals surface area contributed by atoms with Gasteiger partial charge in [0.05, 0.1) is 6.10 Å². The zero-order valence-corrected chi connectivity index (χ0v) is 13.6. The fourth-order valence-electron chi connectivity index (χ4n) is 1.88. The Kier molecular flexibility index (Phi) is 8.04. The van der Waals surface area contributed by atoms with Crippen LogP contribution in [0.3, 0.4) is 0 Å². The SMILES string of the molecule is CCCCCNC(=O)C(=O)NCc1ccc(OC(C)C)cc1. The molecule has 1 rings (SSSR count). The molecule has 0 unspecified atom stereocenters. The van der Waals surface area contributed by atoms with Crippen molar-refractivity contribution in [2.75, 3.05) is 6.54 Å². The molecule has 0 bridgehead atoms. The van der Waals surface area contributed by atoms with E-state index in [1.54, 1.807) is 0 Å². The van der Waals surface area contributed by atoms with E-state index in [2.05, 4.69) is 17.6 Å². The minimum absolute atomic E-state index is 0.127. The molecule has 0 aromatic heterocycles. The number of hydrogen-bond acceptors (Lipinski definition) is 3. The quantitative estimate of drug-likeness (QED) is 0.572. The molecule has 0 atom stereocenters. The number of unbranched alkanes of at least 4 members (excludes halogenated alkanes) is 2. The standard InChI is InChI=1S/C17H26N2O3/c1-4-5-6-11-18-16(20)17(21)19-12-14-7-9-15(10-8-14)22-13(2)3/h7-10,13H,4-6,11-12H2,1-3H3,(H,18,20)(H,19,21). The third-order valence-corrected chi connectivity index (χ3v) is 3.02. The van der Waals surface area contributed by atoms with Crippen LogP contribution in [0.25, 0.3) is 0 Å². The van der Waals surface area contributed by atoms with Crippen molar-refractivity contribution in [3.05, 3.63) is 29.8 Å². The molecule has 1 aromatic rings. The van der Waals surface area contributed by atoms with Gasteiger partial charge in [-0.3, -0.25) is 9.59 Å². The van der Waals surface area contributed by atoms with Crippen LogP contribution in [0.4, 0.5) is 0 Å². The first-order chi connectivity index (χ1) is 10.5. The second-order valence-electron chi connectivity index (χ2n) is 5.46. The molecule has 0 aliphatic carbocycles. The molecule has 0 fully saturated rings. The highest BCUT2D eigenvalue weighted by Gasteiger charge is 2.11. The highest BCUT2D eigenvalue weighted by Crippen LogP contribution is 2.13. The van der Waals surface area contributed by atoms with Crippen LogP contribution in [-0.2, 0) is 16.1 Å². The van der Waals surface area contributed by atoms with E-state index in [1.165, 1.54) is 0 Å². The number of nitrogens with one attached hydrogen (secondary N) is 2. The van der Waals surface area contributed by atoms with Crippen molar-refractivity contribution in [1.29, 1.82) is 0 Å². The number of amides is 2. The lowest BCUT2D eigenvalue weighted by molar-refractivity contribution is -0.139. The zero-order valence-electron chi connectivity index (χ0n) is 13.6. The molecule has 5 nitrogen and oxygen atoms in total. The van der Waals surface area contributed by atoms with Gasteiger partial charge in [-0.25, -0.2) is 0 Å². The molecule has 0 aliphatic rings. The summed E-state index contributed by atoms with van der Waals surface area (Å²) in [5, 5.41) is 5.22. The number of carbonyl (C=O) groups excluding carboxylic acids is 2. The van der Waals surface area contributed by atoms with Gasteiger partial charge in [0.25, 0.3) is 0 Å². The molecule has 0 heterocycles. The first-order valence-electron chi connectivity index (χ1n) is 7.84. The van der Waals surface area contributed by atoms with E-state index >= 15 is 0 Å². The number of rotatable bonds is 8. The molecular weight excluding hydrogens is 280 g/mol. The largest absolute Gasteiger partial charge is 0.491 e. The fourth-order valence-corrected chi connectivity index (χ4v) is 1.88. The van der Waals surface area contributed by atoms with Crippen LogP contribution in [0.1, 0.15) is 45.6 Å². The fraction of sp³-hybridized carbons (Fsp3) is 0.529. The molecule has 0 saturated heterocycles. The molecule has 0 radical (unpaired) electrons.